The van der Waals surface area contributed by atoms with Crippen molar-refractivity contribution in [2.45, 2.75) is 44.0 Å². The summed E-state index contributed by atoms with van der Waals surface area (Å²) in [7, 11) is 0. The summed E-state index contributed by atoms with van der Waals surface area (Å²) < 4.78 is 0. The van der Waals surface area contributed by atoms with Crippen molar-refractivity contribution in [3.8, 4) is 0 Å². The minimum atomic E-state index is -0.709. The number of nitrogens with one attached hydrogen (secondary N) is 1. The Balaban J connectivity index is 2.04. The molecule has 14 heavy (non-hydrogen) atoms. The van der Waals surface area contributed by atoms with E-state index in [1.54, 1.807) is 11.8 Å². The molecule has 4 heteroatoms. The van der Waals surface area contributed by atoms with E-state index in [-0.39, 0.29) is 10.9 Å². The van der Waals surface area contributed by atoms with Crippen LogP contribution in [-0.2, 0) is 4.79 Å². The van der Waals surface area contributed by atoms with E-state index in [0.717, 1.165) is 12.8 Å². The zero-order valence-electron chi connectivity index (χ0n) is 8.67. The van der Waals surface area contributed by atoms with Crippen molar-refractivity contribution in [1.29, 1.82) is 0 Å². The molecule has 2 aliphatic rings. The van der Waals surface area contributed by atoms with Crippen LogP contribution in [0.15, 0.2) is 0 Å². The monoisotopic (exact) mass is 215 g/mol. The van der Waals surface area contributed by atoms with E-state index in [4.69, 9.17) is 5.11 Å². The molecule has 0 bridgehead atoms. The van der Waals surface area contributed by atoms with E-state index in [2.05, 4.69) is 19.2 Å². The molecule has 1 saturated carbocycles. The van der Waals surface area contributed by atoms with Gasteiger partial charge in [-0.2, -0.15) is 0 Å². The van der Waals surface area contributed by atoms with Gasteiger partial charge in [0, 0.05) is 5.75 Å². The average Bonchev–Trinajstić information content (AvgIpc) is 2.58. The first-order chi connectivity index (χ1) is 6.43. The first kappa shape index (κ1) is 10.3. The minimum absolute atomic E-state index is 0.0621. The van der Waals surface area contributed by atoms with Crippen LogP contribution in [0.3, 0.4) is 0 Å². The molecule has 1 aliphatic heterocycles. The van der Waals surface area contributed by atoms with Crippen LogP contribution in [0, 0.1) is 5.41 Å². The van der Waals surface area contributed by atoms with E-state index in [0.29, 0.717) is 11.2 Å². The van der Waals surface area contributed by atoms with E-state index in [1.807, 2.05) is 0 Å². The molecule has 2 N–H and O–H groups in total. The molecule has 0 aromatic carbocycles. The first-order valence-corrected chi connectivity index (χ1v) is 6.06. The van der Waals surface area contributed by atoms with Crippen LogP contribution in [0.25, 0.3) is 0 Å². The van der Waals surface area contributed by atoms with Crippen molar-refractivity contribution in [2.24, 2.45) is 5.41 Å². The highest BCUT2D eigenvalue weighted by Gasteiger charge is 2.49. The number of hydrogen-bond donors (Lipinski definition) is 2. The molecule has 2 fully saturated rings. The van der Waals surface area contributed by atoms with Crippen LogP contribution in [0.1, 0.15) is 33.1 Å². The minimum Gasteiger partial charge on any atom is -0.480 e. The number of rotatable bonds is 1. The molecule has 0 radical (unpaired) electrons. The number of thioether (sulfide) groups is 1. The topological polar surface area (TPSA) is 49.3 Å². The summed E-state index contributed by atoms with van der Waals surface area (Å²) in [5.41, 5.74) is 0.368. The van der Waals surface area contributed by atoms with Gasteiger partial charge in [-0.3, -0.25) is 10.1 Å². The van der Waals surface area contributed by atoms with Crippen molar-refractivity contribution in [1.82, 2.24) is 5.32 Å². The molecule has 3 nitrogen and oxygen atoms in total. The molecule has 1 heterocycles. The number of carboxylic acid groups (broad SMARTS) is 1. The predicted molar refractivity (Wildman–Crippen MR) is 57.4 cm³/mol. The SMILES string of the molecule is CC1(C)CCC2(C1)N[C@H](C(=O)O)CS2. The van der Waals surface area contributed by atoms with Crippen LogP contribution in [0.5, 0.6) is 0 Å². The zero-order chi connectivity index (χ0) is 10.4. The summed E-state index contributed by atoms with van der Waals surface area (Å²) in [6.07, 6.45) is 3.39. The van der Waals surface area contributed by atoms with Crippen molar-refractivity contribution >= 4 is 17.7 Å². The van der Waals surface area contributed by atoms with Crippen LogP contribution < -0.4 is 5.32 Å². The van der Waals surface area contributed by atoms with Crippen LogP contribution in [-0.4, -0.2) is 27.7 Å². The first-order valence-electron chi connectivity index (χ1n) is 5.07. The largest absolute Gasteiger partial charge is 0.480 e. The van der Waals surface area contributed by atoms with Gasteiger partial charge in [-0.1, -0.05) is 13.8 Å². The molecule has 80 valence electrons. The van der Waals surface area contributed by atoms with Gasteiger partial charge in [0.25, 0.3) is 0 Å². The summed E-state index contributed by atoms with van der Waals surface area (Å²) >= 11 is 1.80. The Labute approximate surface area is 88.6 Å². The summed E-state index contributed by atoms with van der Waals surface area (Å²) in [5.74, 6) is 0.00452. The van der Waals surface area contributed by atoms with E-state index in [1.165, 1.54) is 6.42 Å². The Morgan fingerprint density at radius 3 is 2.64 bits per heavy atom. The van der Waals surface area contributed by atoms with Gasteiger partial charge in [-0.05, 0) is 24.7 Å². The third kappa shape index (κ3) is 1.77. The van der Waals surface area contributed by atoms with Gasteiger partial charge in [0.05, 0.1) is 4.87 Å². The highest BCUT2D eigenvalue weighted by Crippen LogP contribution is 2.51. The van der Waals surface area contributed by atoms with Gasteiger partial charge >= 0.3 is 5.97 Å². The summed E-state index contributed by atoms with van der Waals surface area (Å²) in [4.78, 5) is 10.9. The molecule has 2 atom stereocenters. The molecule has 0 amide bonds. The lowest BCUT2D eigenvalue weighted by Gasteiger charge is -2.25. The maximum atomic E-state index is 10.8. The lowest BCUT2D eigenvalue weighted by Crippen LogP contribution is -2.43. The Morgan fingerprint density at radius 2 is 2.21 bits per heavy atom. The molecule has 1 spiro atoms. The van der Waals surface area contributed by atoms with E-state index in [9.17, 15) is 4.79 Å². The second-order valence-electron chi connectivity index (χ2n) is 5.18. The Kier molecular flexibility index (Phi) is 2.31. The van der Waals surface area contributed by atoms with Crippen LogP contribution in [0.4, 0.5) is 0 Å². The summed E-state index contributed by atoms with van der Waals surface area (Å²) in [5, 5.41) is 12.2. The van der Waals surface area contributed by atoms with Crippen molar-refractivity contribution in [3.05, 3.63) is 0 Å². The number of carbonyl (C=O) groups is 1. The number of carboxylic acids is 1. The highest BCUT2D eigenvalue weighted by molar-refractivity contribution is 8.01. The molecule has 2 rings (SSSR count). The Morgan fingerprint density at radius 1 is 1.50 bits per heavy atom. The Bertz CT molecular complexity index is 267. The number of aliphatic carboxylic acids is 1. The number of hydrogen-bond acceptors (Lipinski definition) is 3. The fourth-order valence-corrected chi connectivity index (χ4v) is 4.19. The maximum absolute atomic E-state index is 10.8. The second-order valence-corrected chi connectivity index (χ2v) is 6.58. The van der Waals surface area contributed by atoms with Gasteiger partial charge in [0.1, 0.15) is 6.04 Å². The standard InChI is InChI=1S/C10H17NO2S/c1-9(2)3-4-10(6-9)11-7(5-14-10)8(12)13/h7,11H,3-6H2,1-2H3,(H,12,13)/t7-,10?/m0/s1. The molecule has 0 aromatic heterocycles. The van der Waals surface area contributed by atoms with Gasteiger partial charge in [-0.25, -0.2) is 0 Å². The second kappa shape index (κ2) is 3.14. The van der Waals surface area contributed by atoms with Gasteiger partial charge < -0.3 is 5.11 Å². The Hall–Kier alpha value is -0.220. The molecular formula is C10H17NO2S. The molecule has 1 unspecified atom stereocenters. The maximum Gasteiger partial charge on any atom is 0.321 e. The zero-order valence-corrected chi connectivity index (χ0v) is 9.49. The van der Waals surface area contributed by atoms with E-state index < -0.39 is 5.97 Å². The van der Waals surface area contributed by atoms with Crippen molar-refractivity contribution in [3.63, 3.8) is 0 Å². The summed E-state index contributed by atoms with van der Waals surface area (Å²) in [6.45, 7) is 4.52. The van der Waals surface area contributed by atoms with Crippen LogP contribution >= 0.6 is 11.8 Å². The highest BCUT2D eigenvalue weighted by atomic mass is 32.2. The molecular weight excluding hydrogens is 198 g/mol. The van der Waals surface area contributed by atoms with E-state index >= 15 is 0 Å². The normalized spacial score (nSPS) is 40.6. The average molecular weight is 215 g/mol. The fourth-order valence-electron chi connectivity index (χ4n) is 2.51. The lowest BCUT2D eigenvalue weighted by atomic mass is 9.91. The third-order valence-corrected chi connectivity index (χ3v) is 4.75. The summed E-state index contributed by atoms with van der Waals surface area (Å²) in [6, 6.07) is -0.339. The fraction of sp³-hybridized carbons (Fsp3) is 0.900. The smallest absolute Gasteiger partial charge is 0.321 e. The van der Waals surface area contributed by atoms with Crippen LogP contribution in [0.2, 0.25) is 0 Å². The van der Waals surface area contributed by atoms with Crippen molar-refractivity contribution < 1.29 is 9.90 Å². The molecule has 1 saturated heterocycles. The quantitative estimate of drug-likeness (QED) is 0.699. The molecule has 0 aromatic rings. The lowest BCUT2D eigenvalue weighted by molar-refractivity contribution is -0.138. The predicted octanol–water partition coefficient (Wildman–Crippen LogP) is 1.68. The van der Waals surface area contributed by atoms with Gasteiger partial charge in [-0.15, -0.1) is 11.8 Å². The van der Waals surface area contributed by atoms with Gasteiger partial charge in [0.15, 0.2) is 0 Å². The van der Waals surface area contributed by atoms with Gasteiger partial charge in [0.2, 0.25) is 0 Å². The molecule has 1 aliphatic carbocycles. The van der Waals surface area contributed by atoms with Crippen molar-refractivity contribution in [2.75, 3.05) is 5.75 Å². The third-order valence-electron chi connectivity index (χ3n) is 3.23.